The number of aromatic amines is 2. The molecule has 3 rings (SSSR count). The lowest BCUT2D eigenvalue weighted by Gasteiger charge is -2.00. The van der Waals surface area contributed by atoms with Crippen molar-refractivity contribution in [2.45, 2.75) is 6.92 Å². The summed E-state index contributed by atoms with van der Waals surface area (Å²) in [6.45, 7) is 1.77. The number of aromatic carboxylic acids is 1. The van der Waals surface area contributed by atoms with Crippen LogP contribution in [0.3, 0.4) is 0 Å². The summed E-state index contributed by atoms with van der Waals surface area (Å²) < 4.78 is 0. The molecule has 90 valence electrons. The van der Waals surface area contributed by atoms with E-state index in [9.17, 15) is 4.79 Å². The lowest BCUT2D eigenvalue weighted by molar-refractivity contribution is 0.0696. The third-order valence-electron chi connectivity index (χ3n) is 3.13. The maximum Gasteiger partial charge on any atom is 0.337 e. The third kappa shape index (κ3) is 1.50. The van der Waals surface area contributed by atoms with E-state index in [1.54, 1.807) is 13.0 Å². The minimum atomic E-state index is -0.906. The Hall–Kier alpha value is -2.49. The molecule has 0 saturated heterocycles. The number of hydrogen-bond acceptors (Lipinski definition) is 1. The SMILES string of the molecule is Cc1[nH]c(-c2cccc3[nH]ccc23)cc1C(=O)O. The van der Waals surface area contributed by atoms with Crippen molar-refractivity contribution in [3.63, 3.8) is 0 Å². The Bertz CT molecular complexity index is 737. The minimum Gasteiger partial charge on any atom is -0.478 e. The summed E-state index contributed by atoms with van der Waals surface area (Å²) in [7, 11) is 0. The van der Waals surface area contributed by atoms with Crippen molar-refractivity contribution in [3.8, 4) is 11.3 Å². The molecule has 0 bridgehead atoms. The van der Waals surface area contributed by atoms with E-state index in [1.807, 2.05) is 30.5 Å². The highest BCUT2D eigenvalue weighted by atomic mass is 16.4. The monoisotopic (exact) mass is 240 g/mol. The first kappa shape index (κ1) is 10.7. The first-order valence-electron chi connectivity index (χ1n) is 5.66. The molecule has 0 aliphatic heterocycles. The number of fused-ring (bicyclic) bond motifs is 1. The molecule has 0 atom stereocenters. The van der Waals surface area contributed by atoms with E-state index in [0.717, 1.165) is 22.2 Å². The predicted molar refractivity (Wildman–Crippen MR) is 69.8 cm³/mol. The van der Waals surface area contributed by atoms with Crippen molar-refractivity contribution >= 4 is 16.9 Å². The summed E-state index contributed by atoms with van der Waals surface area (Å²) in [6.07, 6.45) is 1.88. The van der Waals surface area contributed by atoms with Crippen LogP contribution >= 0.6 is 0 Å². The van der Waals surface area contributed by atoms with Crippen LogP contribution in [0.5, 0.6) is 0 Å². The summed E-state index contributed by atoms with van der Waals surface area (Å²) >= 11 is 0. The average molecular weight is 240 g/mol. The van der Waals surface area contributed by atoms with Crippen molar-refractivity contribution in [3.05, 3.63) is 47.8 Å². The van der Waals surface area contributed by atoms with Gasteiger partial charge in [-0.25, -0.2) is 4.79 Å². The Morgan fingerprint density at radius 1 is 1.28 bits per heavy atom. The molecule has 3 N–H and O–H groups in total. The van der Waals surface area contributed by atoms with Gasteiger partial charge in [0, 0.05) is 34.1 Å². The van der Waals surface area contributed by atoms with E-state index >= 15 is 0 Å². The Morgan fingerprint density at radius 3 is 2.83 bits per heavy atom. The van der Waals surface area contributed by atoms with Crippen LogP contribution < -0.4 is 0 Å². The van der Waals surface area contributed by atoms with E-state index in [2.05, 4.69) is 9.97 Å². The van der Waals surface area contributed by atoms with E-state index in [-0.39, 0.29) is 0 Å². The van der Waals surface area contributed by atoms with Crippen molar-refractivity contribution < 1.29 is 9.90 Å². The highest BCUT2D eigenvalue weighted by molar-refractivity contribution is 5.97. The number of aromatic nitrogens is 2. The van der Waals surface area contributed by atoms with Crippen molar-refractivity contribution in [2.24, 2.45) is 0 Å². The van der Waals surface area contributed by atoms with Gasteiger partial charge in [-0.15, -0.1) is 0 Å². The Kier molecular flexibility index (Phi) is 2.23. The fourth-order valence-electron chi connectivity index (χ4n) is 2.25. The smallest absolute Gasteiger partial charge is 0.337 e. The molecule has 1 aromatic carbocycles. The molecule has 2 heterocycles. The van der Waals surface area contributed by atoms with Crippen molar-refractivity contribution in [1.82, 2.24) is 9.97 Å². The van der Waals surface area contributed by atoms with Crippen LogP contribution in [-0.2, 0) is 0 Å². The first-order valence-corrected chi connectivity index (χ1v) is 5.66. The van der Waals surface area contributed by atoms with E-state index < -0.39 is 5.97 Å². The number of hydrogen-bond donors (Lipinski definition) is 3. The summed E-state index contributed by atoms with van der Waals surface area (Å²) in [4.78, 5) is 17.3. The highest BCUT2D eigenvalue weighted by Crippen LogP contribution is 2.28. The number of aryl methyl sites for hydroxylation is 1. The van der Waals surface area contributed by atoms with Crippen LogP contribution in [0.1, 0.15) is 16.1 Å². The fraction of sp³-hybridized carbons (Fsp3) is 0.0714. The number of carboxylic acid groups (broad SMARTS) is 1. The predicted octanol–water partition coefficient (Wildman–Crippen LogP) is 3.17. The van der Waals surface area contributed by atoms with Crippen LogP contribution in [0.4, 0.5) is 0 Å². The van der Waals surface area contributed by atoms with Gasteiger partial charge in [-0.05, 0) is 25.1 Å². The lowest BCUT2D eigenvalue weighted by atomic mass is 10.1. The zero-order chi connectivity index (χ0) is 12.7. The summed E-state index contributed by atoms with van der Waals surface area (Å²) in [5, 5.41) is 10.2. The topological polar surface area (TPSA) is 68.9 Å². The number of carbonyl (C=O) groups is 1. The number of nitrogens with one attached hydrogen (secondary N) is 2. The normalized spacial score (nSPS) is 10.9. The molecule has 0 radical (unpaired) electrons. The minimum absolute atomic E-state index is 0.317. The summed E-state index contributed by atoms with van der Waals surface area (Å²) in [5.74, 6) is -0.906. The van der Waals surface area contributed by atoms with Crippen LogP contribution in [0.25, 0.3) is 22.2 Å². The Morgan fingerprint density at radius 2 is 2.11 bits per heavy atom. The summed E-state index contributed by atoms with van der Waals surface area (Å²) in [5.41, 5.74) is 3.86. The first-order chi connectivity index (χ1) is 8.66. The molecule has 0 saturated carbocycles. The largest absolute Gasteiger partial charge is 0.478 e. The molecular weight excluding hydrogens is 228 g/mol. The maximum atomic E-state index is 11.1. The third-order valence-corrected chi connectivity index (χ3v) is 3.13. The zero-order valence-corrected chi connectivity index (χ0v) is 9.82. The molecule has 2 aromatic heterocycles. The number of H-pyrrole nitrogens is 2. The molecule has 0 aliphatic rings. The van der Waals surface area contributed by atoms with Gasteiger partial charge in [-0.1, -0.05) is 12.1 Å². The second-order valence-corrected chi connectivity index (χ2v) is 4.27. The van der Waals surface area contributed by atoms with Gasteiger partial charge < -0.3 is 15.1 Å². The average Bonchev–Trinajstić information content (AvgIpc) is 2.94. The molecule has 0 fully saturated rings. The quantitative estimate of drug-likeness (QED) is 0.644. The molecule has 18 heavy (non-hydrogen) atoms. The van der Waals surface area contributed by atoms with Crippen LogP contribution in [0.2, 0.25) is 0 Å². The van der Waals surface area contributed by atoms with Gasteiger partial charge in [0.05, 0.1) is 5.56 Å². The molecule has 0 amide bonds. The van der Waals surface area contributed by atoms with Crippen LogP contribution in [0, 0.1) is 6.92 Å². The molecule has 4 heteroatoms. The number of rotatable bonds is 2. The highest BCUT2D eigenvalue weighted by Gasteiger charge is 2.13. The van der Waals surface area contributed by atoms with Gasteiger partial charge in [0.25, 0.3) is 0 Å². The summed E-state index contributed by atoms with van der Waals surface area (Å²) in [6, 6.07) is 9.59. The zero-order valence-electron chi connectivity index (χ0n) is 9.82. The molecule has 0 aliphatic carbocycles. The number of benzene rings is 1. The van der Waals surface area contributed by atoms with E-state index in [1.165, 1.54) is 0 Å². The van der Waals surface area contributed by atoms with Crippen LogP contribution in [-0.4, -0.2) is 21.0 Å². The fourth-order valence-corrected chi connectivity index (χ4v) is 2.25. The van der Waals surface area contributed by atoms with Crippen molar-refractivity contribution in [2.75, 3.05) is 0 Å². The molecule has 4 nitrogen and oxygen atoms in total. The molecule has 0 spiro atoms. The number of carboxylic acids is 1. The maximum absolute atomic E-state index is 11.1. The lowest BCUT2D eigenvalue weighted by Crippen LogP contribution is -1.95. The van der Waals surface area contributed by atoms with Gasteiger partial charge in [-0.3, -0.25) is 0 Å². The molecular formula is C14H12N2O2. The van der Waals surface area contributed by atoms with E-state index in [0.29, 0.717) is 11.3 Å². The van der Waals surface area contributed by atoms with Gasteiger partial charge in [0.15, 0.2) is 0 Å². The van der Waals surface area contributed by atoms with Gasteiger partial charge in [-0.2, -0.15) is 0 Å². The van der Waals surface area contributed by atoms with E-state index in [4.69, 9.17) is 5.11 Å². The Labute approximate surface area is 103 Å². The second-order valence-electron chi connectivity index (χ2n) is 4.27. The Balaban J connectivity index is 2.23. The molecule has 3 aromatic rings. The van der Waals surface area contributed by atoms with Crippen LogP contribution in [0.15, 0.2) is 36.5 Å². The van der Waals surface area contributed by atoms with Gasteiger partial charge in [0.1, 0.15) is 0 Å². The van der Waals surface area contributed by atoms with Gasteiger partial charge in [0.2, 0.25) is 0 Å². The van der Waals surface area contributed by atoms with Gasteiger partial charge >= 0.3 is 5.97 Å². The van der Waals surface area contributed by atoms with Crippen molar-refractivity contribution in [1.29, 1.82) is 0 Å². The molecule has 0 unspecified atom stereocenters. The second kappa shape index (κ2) is 3.77. The standard InChI is InChI=1S/C14H12N2O2/c1-8-11(14(17)18)7-13(16-8)9-3-2-4-12-10(9)5-6-15-12/h2-7,15-16H,1H3,(H,17,18).